The molecule has 1 aliphatic heterocycles. The highest BCUT2D eigenvalue weighted by Crippen LogP contribution is 3.01. The maximum atomic E-state index is 13.4. The molecule has 1 aromatic heterocycles. The first-order chi connectivity index (χ1) is 15.2. The number of anilines is 1. The maximum Gasteiger partial charge on any atom is 0.308 e. The number of rotatable bonds is 4. The maximum absolute atomic E-state index is 13.4. The first-order valence-electron chi connectivity index (χ1n) is 10.9. The van der Waals surface area contributed by atoms with Crippen molar-refractivity contribution in [2.24, 2.45) is 16.2 Å². The Morgan fingerprint density at radius 1 is 1.38 bits per heavy atom. The third-order valence-electron chi connectivity index (χ3n) is 8.45. The number of carbonyl (C=O) groups excluding carboxylic acids is 2. The average Bonchev–Trinajstić information content (AvgIpc) is 3.19. The van der Waals surface area contributed by atoms with Crippen molar-refractivity contribution in [1.82, 2.24) is 4.98 Å². The number of amides is 1. The molecule has 0 saturated heterocycles. The molecule has 170 valence electrons. The molecule has 2 aromatic rings. The highest BCUT2D eigenvalue weighted by molar-refractivity contribution is 6.19. The zero-order valence-corrected chi connectivity index (χ0v) is 19.2. The van der Waals surface area contributed by atoms with E-state index in [1.807, 2.05) is 24.1 Å². The Morgan fingerprint density at radius 3 is 2.62 bits per heavy atom. The summed E-state index contributed by atoms with van der Waals surface area (Å²) < 4.78 is 5.50. The van der Waals surface area contributed by atoms with Crippen LogP contribution in [0.5, 0.6) is 5.75 Å². The predicted molar refractivity (Wildman–Crippen MR) is 120 cm³/mol. The minimum absolute atomic E-state index is 0.0808. The van der Waals surface area contributed by atoms with E-state index in [2.05, 4.69) is 11.9 Å². The number of H-pyrrole nitrogens is 1. The second-order valence-electron chi connectivity index (χ2n) is 10.2. The SMILES string of the molecule is CC(=O)Oc1cc2c(c3c(C)c[nH]c13)C(CCl)CN2C(=O)CC12CC3(C)CC31C2.O=CO. The Morgan fingerprint density at radius 2 is 2.09 bits per heavy atom. The first-order valence-corrected chi connectivity index (χ1v) is 11.5. The summed E-state index contributed by atoms with van der Waals surface area (Å²) in [6, 6.07) is 1.85. The fourth-order valence-corrected chi connectivity index (χ4v) is 7.40. The van der Waals surface area contributed by atoms with Gasteiger partial charge in [-0.25, -0.2) is 0 Å². The molecule has 3 aliphatic carbocycles. The molecule has 2 N–H and O–H groups in total. The van der Waals surface area contributed by atoms with Crippen molar-refractivity contribution >= 4 is 46.5 Å². The lowest BCUT2D eigenvalue weighted by atomic mass is 9.74. The van der Waals surface area contributed by atoms with E-state index in [9.17, 15) is 9.59 Å². The number of hydrogen-bond acceptors (Lipinski definition) is 4. The Kier molecular flexibility index (Phi) is 4.48. The van der Waals surface area contributed by atoms with Crippen LogP contribution in [0.25, 0.3) is 10.9 Å². The molecule has 8 heteroatoms. The lowest BCUT2D eigenvalue weighted by Gasteiger charge is -2.32. The molecule has 0 bridgehead atoms. The number of nitrogens with one attached hydrogen (secondary N) is 1. The minimum Gasteiger partial charge on any atom is -0.483 e. The Hall–Kier alpha value is -2.54. The van der Waals surface area contributed by atoms with Gasteiger partial charge in [0.05, 0.1) is 11.2 Å². The van der Waals surface area contributed by atoms with Gasteiger partial charge in [0.15, 0.2) is 5.75 Å². The number of aromatic amines is 1. The van der Waals surface area contributed by atoms with Gasteiger partial charge in [0.1, 0.15) is 0 Å². The van der Waals surface area contributed by atoms with Crippen molar-refractivity contribution in [3.05, 3.63) is 23.4 Å². The zero-order chi connectivity index (χ0) is 23.1. The molecule has 1 amide bonds. The smallest absolute Gasteiger partial charge is 0.308 e. The summed E-state index contributed by atoms with van der Waals surface area (Å²) in [5.41, 5.74) is 5.09. The molecule has 3 saturated carbocycles. The Bertz CT molecular complexity index is 1170. The van der Waals surface area contributed by atoms with Crippen LogP contribution in [-0.2, 0) is 14.4 Å². The molecule has 6 rings (SSSR count). The van der Waals surface area contributed by atoms with Gasteiger partial charge < -0.3 is 19.7 Å². The summed E-state index contributed by atoms with van der Waals surface area (Å²) in [5, 5.41) is 7.92. The topological polar surface area (TPSA) is 99.7 Å². The van der Waals surface area contributed by atoms with E-state index >= 15 is 0 Å². The molecule has 1 aromatic carbocycles. The Balaban J connectivity index is 0.000000684. The fourth-order valence-electron chi connectivity index (χ4n) is 7.15. The van der Waals surface area contributed by atoms with E-state index in [-0.39, 0.29) is 29.7 Å². The summed E-state index contributed by atoms with van der Waals surface area (Å²) >= 11 is 6.34. The Labute approximate surface area is 191 Å². The van der Waals surface area contributed by atoms with E-state index in [1.54, 1.807) is 0 Å². The van der Waals surface area contributed by atoms with E-state index in [4.69, 9.17) is 26.2 Å². The van der Waals surface area contributed by atoms with Gasteiger partial charge in [0.2, 0.25) is 5.91 Å². The number of carbonyl (C=O) groups is 3. The van der Waals surface area contributed by atoms with Crippen molar-refractivity contribution < 1.29 is 24.2 Å². The largest absolute Gasteiger partial charge is 0.483 e. The quantitative estimate of drug-likeness (QED) is 0.307. The van der Waals surface area contributed by atoms with Crippen LogP contribution >= 0.6 is 11.6 Å². The van der Waals surface area contributed by atoms with Gasteiger partial charge in [-0.2, -0.15) is 0 Å². The van der Waals surface area contributed by atoms with E-state index < -0.39 is 0 Å². The van der Waals surface area contributed by atoms with Gasteiger partial charge >= 0.3 is 5.97 Å². The fraction of sp³-hybridized carbons (Fsp3) is 0.542. The van der Waals surface area contributed by atoms with Gasteiger partial charge in [-0.05, 0) is 53.6 Å². The standard InChI is InChI=1S/C23H25ClN2O3.CH2O2/c1-12-7-25-20-16(29-13(2)27)4-15-19(18(12)20)14(6-24)8-26(15)17(28)5-22-9-21(3)10-23(21,22)11-22;2-1-3/h4,7,14,25H,5-6,8-11H2,1-3H3;1H,(H,2,3). The molecular weight excluding hydrogens is 432 g/mol. The second-order valence-corrected chi connectivity index (χ2v) is 10.5. The molecule has 0 radical (unpaired) electrons. The summed E-state index contributed by atoms with van der Waals surface area (Å²) in [7, 11) is 0. The second kappa shape index (κ2) is 6.73. The summed E-state index contributed by atoms with van der Waals surface area (Å²) in [4.78, 5) is 38.6. The number of alkyl halides is 1. The number of nitrogens with zero attached hydrogens (tertiary/aromatic N) is 1. The summed E-state index contributed by atoms with van der Waals surface area (Å²) in [6.07, 6.45) is 6.26. The molecule has 3 fully saturated rings. The number of halogens is 1. The molecule has 4 unspecified atom stereocenters. The number of hydrogen-bond donors (Lipinski definition) is 2. The molecule has 2 heterocycles. The van der Waals surface area contributed by atoms with E-state index in [0.29, 0.717) is 35.4 Å². The first kappa shape index (κ1) is 21.3. The third-order valence-corrected chi connectivity index (χ3v) is 8.82. The van der Waals surface area contributed by atoms with Crippen LogP contribution in [0.1, 0.15) is 56.6 Å². The van der Waals surface area contributed by atoms with E-state index in [1.165, 1.54) is 26.2 Å². The highest BCUT2D eigenvalue weighted by Gasteiger charge is 2.94. The van der Waals surface area contributed by atoms with Crippen molar-refractivity contribution in [3.63, 3.8) is 0 Å². The lowest BCUT2D eigenvalue weighted by Crippen LogP contribution is -2.35. The van der Waals surface area contributed by atoms with E-state index in [0.717, 1.165) is 27.7 Å². The van der Waals surface area contributed by atoms with Crippen LogP contribution in [0.2, 0.25) is 0 Å². The molecular formula is C24H27ClN2O5. The number of aromatic nitrogens is 1. The number of ether oxygens (including phenoxy) is 1. The van der Waals surface area contributed by atoms with Crippen molar-refractivity contribution in [2.45, 2.75) is 52.4 Å². The number of carboxylic acid groups (broad SMARTS) is 1. The van der Waals surface area contributed by atoms with Gasteiger partial charge in [0.25, 0.3) is 6.47 Å². The van der Waals surface area contributed by atoms with Crippen LogP contribution in [0, 0.1) is 23.2 Å². The van der Waals surface area contributed by atoms with Gasteiger partial charge in [0, 0.05) is 49.3 Å². The number of fused-ring (bicyclic) bond motifs is 3. The molecule has 1 spiro atoms. The van der Waals surface area contributed by atoms with Crippen molar-refractivity contribution in [2.75, 3.05) is 17.3 Å². The summed E-state index contributed by atoms with van der Waals surface area (Å²) in [6.45, 7) is 6.14. The molecule has 7 nitrogen and oxygen atoms in total. The highest BCUT2D eigenvalue weighted by atomic mass is 35.5. The van der Waals surface area contributed by atoms with Crippen molar-refractivity contribution in [1.29, 1.82) is 0 Å². The zero-order valence-electron chi connectivity index (χ0n) is 18.5. The number of esters is 1. The average molecular weight is 459 g/mol. The molecule has 32 heavy (non-hydrogen) atoms. The summed E-state index contributed by atoms with van der Waals surface area (Å²) in [5.74, 6) is 0.830. The van der Waals surface area contributed by atoms with Gasteiger partial charge in [-0.3, -0.25) is 14.4 Å². The van der Waals surface area contributed by atoms with Crippen LogP contribution in [0.4, 0.5) is 5.69 Å². The molecule has 4 atom stereocenters. The van der Waals surface area contributed by atoms with Crippen LogP contribution < -0.4 is 9.64 Å². The lowest BCUT2D eigenvalue weighted by molar-refractivity contribution is -0.131. The van der Waals surface area contributed by atoms with Crippen LogP contribution in [0.3, 0.4) is 0 Å². The third kappa shape index (κ3) is 2.63. The monoisotopic (exact) mass is 458 g/mol. The number of aryl methyl sites for hydroxylation is 1. The van der Waals surface area contributed by atoms with Gasteiger partial charge in [-0.15, -0.1) is 11.6 Å². The van der Waals surface area contributed by atoms with Gasteiger partial charge in [-0.1, -0.05) is 6.92 Å². The molecule has 4 aliphatic rings. The number of benzene rings is 1. The van der Waals surface area contributed by atoms with Crippen LogP contribution in [-0.4, -0.2) is 40.9 Å². The predicted octanol–water partition coefficient (Wildman–Crippen LogP) is 4.35. The van der Waals surface area contributed by atoms with Crippen LogP contribution in [0.15, 0.2) is 12.3 Å². The minimum atomic E-state index is -0.371. The normalized spacial score (nSPS) is 32.6. The van der Waals surface area contributed by atoms with Crippen molar-refractivity contribution in [3.8, 4) is 5.75 Å².